The van der Waals surface area contributed by atoms with Crippen LogP contribution in [0, 0.1) is 0 Å². The van der Waals surface area contributed by atoms with Crippen molar-refractivity contribution in [2.75, 3.05) is 0 Å². The van der Waals surface area contributed by atoms with Crippen molar-refractivity contribution in [3.05, 3.63) is 54.2 Å². The second-order valence-corrected chi connectivity index (χ2v) is 3.85. The fourth-order valence-corrected chi connectivity index (χ4v) is 1.83. The smallest absolute Gasteiger partial charge is 0.150 e. The van der Waals surface area contributed by atoms with Gasteiger partial charge in [0.1, 0.15) is 6.29 Å². The summed E-state index contributed by atoms with van der Waals surface area (Å²) in [6, 6.07) is 13.3. The predicted octanol–water partition coefficient (Wildman–Crippen LogP) is 3.04. The number of hydrogen-bond donors (Lipinski definition) is 1. The molecule has 82 valence electrons. The molecule has 1 aromatic carbocycles. The van der Waals surface area contributed by atoms with Crippen molar-refractivity contribution in [3.8, 4) is 11.3 Å². The van der Waals surface area contributed by atoms with Gasteiger partial charge in [0, 0.05) is 17.3 Å². The topological polar surface area (TPSA) is 45.8 Å². The average Bonchev–Trinajstić information content (AvgIpc) is 2.86. The summed E-state index contributed by atoms with van der Waals surface area (Å²) in [7, 11) is 0. The lowest BCUT2D eigenvalue weighted by molar-refractivity contribution is 0.112. The van der Waals surface area contributed by atoms with E-state index in [4.69, 9.17) is 0 Å². The summed E-state index contributed by atoms with van der Waals surface area (Å²) in [5, 5.41) is 0. The molecule has 3 rings (SSSR count). The summed E-state index contributed by atoms with van der Waals surface area (Å²) in [6.45, 7) is 0. The zero-order valence-corrected chi connectivity index (χ0v) is 9.05. The summed E-state index contributed by atoms with van der Waals surface area (Å²) >= 11 is 0. The third kappa shape index (κ3) is 1.72. The molecule has 3 nitrogen and oxygen atoms in total. The lowest BCUT2D eigenvalue weighted by Crippen LogP contribution is -1.85. The van der Waals surface area contributed by atoms with Gasteiger partial charge in [-0.2, -0.15) is 0 Å². The molecule has 0 aliphatic rings. The van der Waals surface area contributed by atoms with Gasteiger partial charge in [-0.25, -0.2) is 4.98 Å². The first-order chi connectivity index (χ1) is 8.36. The van der Waals surface area contributed by atoms with Crippen LogP contribution in [-0.4, -0.2) is 16.3 Å². The third-order valence-electron chi connectivity index (χ3n) is 2.75. The van der Waals surface area contributed by atoms with E-state index >= 15 is 0 Å². The molecule has 2 heterocycles. The van der Waals surface area contributed by atoms with Gasteiger partial charge in [0.2, 0.25) is 0 Å². The summed E-state index contributed by atoms with van der Waals surface area (Å²) in [4.78, 5) is 18.2. The molecular formula is C14H10N2O. The Morgan fingerprint density at radius 3 is 2.59 bits per heavy atom. The van der Waals surface area contributed by atoms with Crippen LogP contribution in [0.1, 0.15) is 10.4 Å². The summed E-state index contributed by atoms with van der Waals surface area (Å²) in [5.41, 5.74) is 4.57. The minimum absolute atomic E-state index is 0.677. The van der Waals surface area contributed by atoms with E-state index in [1.54, 1.807) is 12.1 Å². The van der Waals surface area contributed by atoms with Crippen molar-refractivity contribution in [3.63, 3.8) is 0 Å². The molecule has 2 aromatic heterocycles. The lowest BCUT2D eigenvalue weighted by Gasteiger charge is -2.01. The maximum Gasteiger partial charge on any atom is 0.150 e. The van der Waals surface area contributed by atoms with E-state index in [9.17, 15) is 4.79 Å². The molecule has 0 radical (unpaired) electrons. The molecule has 0 aliphatic carbocycles. The minimum Gasteiger partial charge on any atom is -0.360 e. The molecule has 0 saturated carbocycles. The Kier molecular flexibility index (Phi) is 2.22. The Hall–Kier alpha value is -2.42. The predicted molar refractivity (Wildman–Crippen MR) is 66.9 cm³/mol. The Balaban J connectivity index is 2.09. The van der Waals surface area contributed by atoms with Crippen LogP contribution < -0.4 is 0 Å². The number of pyridine rings is 1. The fraction of sp³-hybridized carbons (Fsp3) is 0. The molecule has 0 spiro atoms. The number of hydrogen-bond acceptors (Lipinski definition) is 2. The van der Waals surface area contributed by atoms with E-state index in [-0.39, 0.29) is 0 Å². The van der Waals surface area contributed by atoms with Crippen LogP contribution in [0.5, 0.6) is 0 Å². The first-order valence-electron chi connectivity index (χ1n) is 5.36. The van der Waals surface area contributed by atoms with Crippen molar-refractivity contribution in [2.24, 2.45) is 0 Å². The van der Waals surface area contributed by atoms with Gasteiger partial charge in [-0.05, 0) is 18.2 Å². The zero-order chi connectivity index (χ0) is 11.7. The van der Waals surface area contributed by atoms with Gasteiger partial charge in [-0.3, -0.25) is 4.79 Å². The number of fused-ring (bicyclic) bond motifs is 1. The van der Waals surface area contributed by atoms with E-state index < -0.39 is 0 Å². The Morgan fingerprint density at radius 2 is 1.82 bits per heavy atom. The van der Waals surface area contributed by atoms with Crippen LogP contribution in [-0.2, 0) is 0 Å². The highest BCUT2D eigenvalue weighted by molar-refractivity contribution is 5.80. The monoisotopic (exact) mass is 222 g/mol. The Labute approximate surface area is 98.1 Å². The third-order valence-corrected chi connectivity index (χ3v) is 2.75. The van der Waals surface area contributed by atoms with Crippen LogP contribution in [0.25, 0.3) is 22.3 Å². The van der Waals surface area contributed by atoms with Crippen LogP contribution in [0.4, 0.5) is 0 Å². The lowest BCUT2D eigenvalue weighted by atomic mass is 10.1. The van der Waals surface area contributed by atoms with Gasteiger partial charge in [0.25, 0.3) is 0 Å². The standard InChI is InChI=1S/C14H10N2O/c17-9-10-1-3-11(4-2-10)12-5-6-13-14(16-12)7-8-15-13/h1-9,15H. The second-order valence-electron chi connectivity index (χ2n) is 3.85. The van der Waals surface area contributed by atoms with Gasteiger partial charge >= 0.3 is 0 Å². The number of aldehydes is 1. The molecule has 17 heavy (non-hydrogen) atoms. The quantitative estimate of drug-likeness (QED) is 0.677. The number of H-pyrrole nitrogens is 1. The molecule has 0 aliphatic heterocycles. The number of nitrogens with zero attached hydrogens (tertiary/aromatic N) is 1. The van der Waals surface area contributed by atoms with Crippen molar-refractivity contribution >= 4 is 17.3 Å². The molecule has 1 N–H and O–H groups in total. The Morgan fingerprint density at radius 1 is 1.00 bits per heavy atom. The van der Waals surface area contributed by atoms with E-state index in [1.807, 2.05) is 36.5 Å². The second kappa shape index (κ2) is 3.87. The van der Waals surface area contributed by atoms with E-state index in [0.717, 1.165) is 28.6 Å². The van der Waals surface area contributed by atoms with Gasteiger partial charge in [-0.1, -0.05) is 24.3 Å². The normalized spacial score (nSPS) is 10.6. The molecule has 0 atom stereocenters. The van der Waals surface area contributed by atoms with Crippen LogP contribution in [0.2, 0.25) is 0 Å². The number of aromatic amines is 1. The number of rotatable bonds is 2. The van der Waals surface area contributed by atoms with Crippen molar-refractivity contribution < 1.29 is 4.79 Å². The highest BCUT2D eigenvalue weighted by Gasteiger charge is 2.01. The van der Waals surface area contributed by atoms with Gasteiger partial charge in [-0.15, -0.1) is 0 Å². The van der Waals surface area contributed by atoms with Crippen molar-refractivity contribution in [2.45, 2.75) is 0 Å². The summed E-state index contributed by atoms with van der Waals surface area (Å²) in [5.74, 6) is 0. The highest BCUT2D eigenvalue weighted by Crippen LogP contribution is 2.20. The van der Waals surface area contributed by atoms with Gasteiger partial charge in [0.05, 0.1) is 16.7 Å². The molecule has 0 unspecified atom stereocenters. The summed E-state index contributed by atoms with van der Waals surface area (Å²) in [6.07, 6.45) is 2.71. The number of aromatic nitrogens is 2. The maximum absolute atomic E-state index is 10.6. The highest BCUT2D eigenvalue weighted by atomic mass is 16.1. The Bertz CT molecular complexity index is 668. The van der Waals surface area contributed by atoms with E-state index in [1.165, 1.54) is 0 Å². The number of nitrogens with one attached hydrogen (secondary N) is 1. The molecule has 0 fully saturated rings. The number of carbonyl (C=O) groups excluding carboxylic acids is 1. The maximum atomic E-state index is 10.6. The largest absolute Gasteiger partial charge is 0.360 e. The fourth-order valence-electron chi connectivity index (χ4n) is 1.83. The molecule has 3 aromatic rings. The molecule has 0 bridgehead atoms. The minimum atomic E-state index is 0.677. The molecule has 3 heteroatoms. The van der Waals surface area contributed by atoms with Crippen LogP contribution >= 0.6 is 0 Å². The SMILES string of the molecule is O=Cc1ccc(-c2ccc3[nH]ccc3n2)cc1. The first-order valence-corrected chi connectivity index (χ1v) is 5.36. The van der Waals surface area contributed by atoms with Crippen LogP contribution in [0.3, 0.4) is 0 Å². The number of benzene rings is 1. The van der Waals surface area contributed by atoms with E-state index in [0.29, 0.717) is 5.56 Å². The van der Waals surface area contributed by atoms with Gasteiger partial charge in [0.15, 0.2) is 0 Å². The zero-order valence-electron chi connectivity index (χ0n) is 9.05. The molecular weight excluding hydrogens is 212 g/mol. The van der Waals surface area contributed by atoms with Crippen molar-refractivity contribution in [1.82, 2.24) is 9.97 Å². The van der Waals surface area contributed by atoms with E-state index in [2.05, 4.69) is 9.97 Å². The van der Waals surface area contributed by atoms with Gasteiger partial charge < -0.3 is 4.98 Å². The first kappa shape index (κ1) is 9.78. The summed E-state index contributed by atoms with van der Waals surface area (Å²) < 4.78 is 0. The van der Waals surface area contributed by atoms with Crippen LogP contribution in [0.15, 0.2) is 48.7 Å². The number of carbonyl (C=O) groups is 1. The van der Waals surface area contributed by atoms with Crippen molar-refractivity contribution in [1.29, 1.82) is 0 Å². The molecule has 0 amide bonds. The molecule has 0 saturated heterocycles. The average molecular weight is 222 g/mol.